The molecule has 0 aromatic carbocycles. The minimum atomic E-state index is -0.100. The van der Waals surface area contributed by atoms with Crippen LogP contribution in [0, 0.1) is 23.7 Å². The number of hydrogen-bond acceptors (Lipinski definition) is 2. The van der Waals surface area contributed by atoms with Crippen LogP contribution in [-0.4, -0.2) is 11.6 Å². The zero-order chi connectivity index (χ0) is 18.5. The lowest BCUT2D eigenvalue weighted by Crippen LogP contribution is -2.24. The molecule has 1 fully saturated rings. The fourth-order valence-electron chi connectivity index (χ4n) is 5.44. The lowest BCUT2D eigenvalue weighted by Gasteiger charge is -2.26. The number of Topliss-reactive ketones (excluding diaryl/α,β-unsaturated/α-hetero) is 1. The minimum absolute atomic E-state index is 0.0398. The predicted molar refractivity (Wildman–Crippen MR) is 107 cm³/mol. The van der Waals surface area contributed by atoms with Gasteiger partial charge in [-0.3, -0.25) is 9.59 Å². The van der Waals surface area contributed by atoms with Crippen molar-refractivity contribution in [3.05, 3.63) is 23.3 Å². The molecule has 0 heterocycles. The first-order valence-electron chi connectivity index (χ1n) is 11.2. The van der Waals surface area contributed by atoms with Gasteiger partial charge in [-0.05, 0) is 31.8 Å². The molecule has 1 saturated carbocycles. The fourth-order valence-corrected chi connectivity index (χ4v) is 5.44. The summed E-state index contributed by atoms with van der Waals surface area (Å²) in [4.78, 5) is 25.3. The predicted octanol–water partition coefficient (Wildman–Crippen LogP) is 6.20. The zero-order valence-electron chi connectivity index (χ0n) is 16.8. The van der Waals surface area contributed by atoms with E-state index < -0.39 is 0 Å². The second-order valence-electron chi connectivity index (χ2n) is 8.65. The maximum absolute atomic E-state index is 12.8. The highest BCUT2D eigenvalue weighted by Gasteiger charge is 2.59. The highest BCUT2D eigenvalue weighted by atomic mass is 16.1. The molecule has 4 atom stereocenters. The number of carbonyl (C=O) groups excluding carboxylic acids is 2. The smallest absolute Gasteiger partial charge is 0.160 e. The van der Waals surface area contributed by atoms with Crippen LogP contribution in [0.4, 0.5) is 0 Å². The molecular weight excluding hydrogens is 320 g/mol. The Hall–Kier alpha value is -1.18. The molecule has 0 aromatic heterocycles. The van der Waals surface area contributed by atoms with E-state index in [9.17, 15) is 9.59 Å². The molecule has 2 heteroatoms. The molecule has 0 radical (unpaired) electrons. The molecule has 26 heavy (non-hydrogen) atoms. The average Bonchev–Trinajstić information content (AvgIpc) is 3.22. The molecule has 3 rings (SSSR count). The Bertz CT molecular complexity index is 583. The molecule has 0 aliphatic heterocycles. The van der Waals surface area contributed by atoms with Gasteiger partial charge in [0, 0.05) is 23.7 Å². The summed E-state index contributed by atoms with van der Waals surface area (Å²) >= 11 is 0. The number of ketones is 2. The summed E-state index contributed by atoms with van der Waals surface area (Å²) in [6, 6.07) is 0. The second-order valence-corrected chi connectivity index (χ2v) is 8.65. The summed E-state index contributed by atoms with van der Waals surface area (Å²) in [7, 11) is 0. The third kappa shape index (κ3) is 3.89. The Labute approximate surface area is 159 Å². The maximum Gasteiger partial charge on any atom is 0.160 e. The first-order valence-corrected chi connectivity index (χ1v) is 11.2. The molecule has 0 saturated heterocycles. The van der Waals surface area contributed by atoms with Crippen LogP contribution in [0.2, 0.25) is 0 Å². The topological polar surface area (TPSA) is 34.1 Å². The van der Waals surface area contributed by atoms with Crippen molar-refractivity contribution < 1.29 is 9.59 Å². The molecule has 3 aliphatic rings. The van der Waals surface area contributed by atoms with Crippen molar-refractivity contribution in [1.29, 1.82) is 0 Å². The van der Waals surface area contributed by atoms with Crippen molar-refractivity contribution in [2.24, 2.45) is 23.7 Å². The van der Waals surface area contributed by atoms with E-state index in [1.165, 1.54) is 75.4 Å². The summed E-state index contributed by atoms with van der Waals surface area (Å²) in [6.45, 7) is 4.48. The van der Waals surface area contributed by atoms with Crippen LogP contribution in [0.3, 0.4) is 0 Å². The van der Waals surface area contributed by atoms with E-state index in [1.807, 2.05) is 6.08 Å². The van der Waals surface area contributed by atoms with Gasteiger partial charge in [-0.15, -0.1) is 0 Å². The molecule has 2 nitrogen and oxygen atoms in total. The van der Waals surface area contributed by atoms with Crippen molar-refractivity contribution in [3.63, 3.8) is 0 Å². The van der Waals surface area contributed by atoms with E-state index in [2.05, 4.69) is 19.9 Å². The van der Waals surface area contributed by atoms with Gasteiger partial charge in [-0.1, -0.05) is 82.4 Å². The monoisotopic (exact) mass is 356 g/mol. The van der Waals surface area contributed by atoms with Crippen molar-refractivity contribution in [1.82, 2.24) is 0 Å². The summed E-state index contributed by atoms with van der Waals surface area (Å²) in [6.07, 6.45) is 18.8. The summed E-state index contributed by atoms with van der Waals surface area (Å²) in [5.41, 5.74) is 2.67. The van der Waals surface area contributed by atoms with Crippen molar-refractivity contribution in [2.75, 3.05) is 0 Å². The maximum atomic E-state index is 12.8. The molecular formula is C24H36O2. The number of unbranched alkanes of at least 4 members (excludes halogenated alkanes) is 8. The Morgan fingerprint density at radius 2 is 1.31 bits per heavy atom. The number of carbonyl (C=O) groups is 2. The largest absolute Gasteiger partial charge is 0.298 e. The highest BCUT2D eigenvalue weighted by molar-refractivity contribution is 6.06. The number of fused-ring (bicyclic) bond motifs is 5. The van der Waals surface area contributed by atoms with Crippen LogP contribution in [0.15, 0.2) is 23.3 Å². The van der Waals surface area contributed by atoms with Crippen LogP contribution >= 0.6 is 0 Å². The quantitative estimate of drug-likeness (QED) is 0.308. The normalized spacial score (nSPS) is 29.3. The molecule has 0 N–H and O–H groups in total. The van der Waals surface area contributed by atoms with Crippen LogP contribution < -0.4 is 0 Å². The number of rotatable bonds is 12. The van der Waals surface area contributed by atoms with Gasteiger partial charge in [0.05, 0.1) is 0 Å². The number of allylic oxidation sites excluding steroid dienone is 4. The summed E-state index contributed by atoms with van der Waals surface area (Å²) in [5.74, 6) is 0.719. The average molecular weight is 357 g/mol. The minimum Gasteiger partial charge on any atom is -0.298 e. The summed E-state index contributed by atoms with van der Waals surface area (Å²) in [5, 5.41) is 0. The van der Waals surface area contributed by atoms with Gasteiger partial charge >= 0.3 is 0 Å². The Morgan fingerprint density at radius 3 is 1.92 bits per heavy atom. The molecule has 144 valence electrons. The van der Waals surface area contributed by atoms with E-state index >= 15 is 0 Å². The molecule has 2 bridgehead atoms. The fraction of sp³-hybridized carbons (Fsp3) is 0.750. The van der Waals surface area contributed by atoms with Crippen LogP contribution in [0.1, 0.15) is 90.9 Å². The van der Waals surface area contributed by atoms with Gasteiger partial charge in [0.15, 0.2) is 5.78 Å². The van der Waals surface area contributed by atoms with Crippen LogP contribution in [0.5, 0.6) is 0 Å². The highest BCUT2D eigenvalue weighted by Crippen LogP contribution is 2.56. The first kappa shape index (κ1) is 19.6. The third-order valence-electron chi connectivity index (χ3n) is 6.78. The molecule has 0 amide bonds. The van der Waals surface area contributed by atoms with E-state index in [0.717, 1.165) is 12.8 Å². The van der Waals surface area contributed by atoms with Crippen molar-refractivity contribution >= 4 is 11.6 Å². The lowest BCUT2D eigenvalue weighted by molar-refractivity contribution is -0.124. The standard InChI is InChI=1S/C24H36O2/c1-3-5-7-9-11-13-17-15-19-23-20(25)16-18(14-12-10-8-6-4-2)21(23)22(17)24(19)26/h15-16,19,21-23H,3-14H2,1-2H3/t19-,21-,22+,23-/m1/s1. The Balaban J connectivity index is 1.57. The third-order valence-corrected chi connectivity index (χ3v) is 6.78. The van der Waals surface area contributed by atoms with E-state index in [0.29, 0.717) is 5.78 Å². The van der Waals surface area contributed by atoms with E-state index in [1.54, 1.807) is 0 Å². The van der Waals surface area contributed by atoms with Gasteiger partial charge in [0.25, 0.3) is 0 Å². The van der Waals surface area contributed by atoms with E-state index in [4.69, 9.17) is 0 Å². The van der Waals surface area contributed by atoms with Crippen molar-refractivity contribution in [3.8, 4) is 0 Å². The van der Waals surface area contributed by atoms with Gasteiger partial charge in [-0.2, -0.15) is 0 Å². The van der Waals surface area contributed by atoms with E-state index in [-0.39, 0.29) is 29.5 Å². The Kier molecular flexibility index (Phi) is 6.89. The van der Waals surface area contributed by atoms with Gasteiger partial charge in [0.1, 0.15) is 5.78 Å². The molecule has 3 aliphatic carbocycles. The lowest BCUT2D eigenvalue weighted by atomic mass is 9.76. The van der Waals surface area contributed by atoms with Crippen LogP contribution in [0.25, 0.3) is 0 Å². The first-order chi connectivity index (χ1) is 12.7. The van der Waals surface area contributed by atoms with Crippen molar-refractivity contribution in [2.45, 2.75) is 90.9 Å². The summed E-state index contributed by atoms with van der Waals surface area (Å²) < 4.78 is 0. The zero-order valence-corrected chi connectivity index (χ0v) is 16.8. The van der Waals surface area contributed by atoms with Crippen LogP contribution in [-0.2, 0) is 9.59 Å². The molecule has 0 unspecified atom stereocenters. The van der Waals surface area contributed by atoms with Gasteiger partial charge in [0.2, 0.25) is 0 Å². The van der Waals surface area contributed by atoms with Gasteiger partial charge < -0.3 is 0 Å². The number of hydrogen-bond donors (Lipinski definition) is 0. The SMILES string of the molecule is CCCCCCCC1=C[C@H]2C(=O)[C@@H]1[C@H]1C(CCCCCCC)=CC(=O)[C@H]12. The second kappa shape index (κ2) is 9.15. The molecule has 0 spiro atoms. The molecule has 0 aromatic rings. The van der Waals surface area contributed by atoms with Gasteiger partial charge in [-0.25, -0.2) is 0 Å². The Morgan fingerprint density at radius 1 is 0.731 bits per heavy atom.